The van der Waals surface area contributed by atoms with E-state index in [9.17, 15) is 14.4 Å². The average Bonchev–Trinajstić information content (AvgIpc) is 3.04. The second-order valence-corrected chi connectivity index (χ2v) is 6.47. The van der Waals surface area contributed by atoms with Gasteiger partial charge in [0.2, 0.25) is 17.7 Å². The van der Waals surface area contributed by atoms with E-state index in [1.165, 1.54) is 0 Å². The van der Waals surface area contributed by atoms with Gasteiger partial charge in [-0.15, -0.1) is 5.10 Å². The molecule has 3 rings (SSSR count). The van der Waals surface area contributed by atoms with Crippen molar-refractivity contribution in [3.63, 3.8) is 0 Å². The van der Waals surface area contributed by atoms with Gasteiger partial charge in [-0.3, -0.25) is 9.59 Å². The smallest absolute Gasteiger partial charge is 0.388 e. The van der Waals surface area contributed by atoms with Crippen LogP contribution in [0.3, 0.4) is 0 Å². The molecular formula is C20H20N4O4. The van der Waals surface area contributed by atoms with Gasteiger partial charge in [0.05, 0.1) is 0 Å². The Morgan fingerprint density at radius 2 is 1.61 bits per heavy atom. The van der Waals surface area contributed by atoms with E-state index in [0.29, 0.717) is 16.9 Å². The molecule has 28 heavy (non-hydrogen) atoms. The van der Waals surface area contributed by atoms with E-state index in [-0.39, 0.29) is 24.3 Å². The second-order valence-electron chi connectivity index (χ2n) is 6.47. The Bertz CT molecular complexity index is 1020. The van der Waals surface area contributed by atoms with Gasteiger partial charge in [0.25, 0.3) is 0 Å². The van der Waals surface area contributed by atoms with Crippen molar-refractivity contribution in [1.82, 2.24) is 9.78 Å². The largest absolute Gasteiger partial charge is 0.437 e. The van der Waals surface area contributed by atoms with E-state index in [1.54, 1.807) is 62.4 Å². The lowest BCUT2D eigenvalue weighted by Crippen LogP contribution is -2.25. The Balaban J connectivity index is 1.62. The summed E-state index contributed by atoms with van der Waals surface area (Å²) in [5.41, 5.74) is 1.82. The number of nitrogens with zero attached hydrogens (tertiary/aromatic N) is 2. The molecule has 0 bridgehead atoms. The summed E-state index contributed by atoms with van der Waals surface area (Å²) in [5, 5.41) is 9.50. The first-order valence-corrected chi connectivity index (χ1v) is 8.76. The standard InChI is InChI=1S/C20H20N4O4/c1-13(2)18(26)22-16-10-8-15(9-11-16)21-17(25)12-24-20(27)28-19(23-24)14-6-4-3-5-7-14/h3-11,13H,12H2,1-2H3,(H,21,25)(H,22,26). The molecule has 2 amide bonds. The predicted molar refractivity (Wildman–Crippen MR) is 105 cm³/mol. The monoisotopic (exact) mass is 380 g/mol. The minimum absolute atomic E-state index is 0.0867. The van der Waals surface area contributed by atoms with Crippen molar-refractivity contribution < 1.29 is 14.0 Å². The van der Waals surface area contributed by atoms with E-state index in [1.807, 2.05) is 6.07 Å². The Morgan fingerprint density at radius 3 is 2.21 bits per heavy atom. The van der Waals surface area contributed by atoms with Gasteiger partial charge in [0.15, 0.2) is 0 Å². The molecule has 0 saturated heterocycles. The van der Waals surface area contributed by atoms with Crippen LogP contribution in [-0.2, 0) is 16.1 Å². The number of benzene rings is 2. The number of hydrogen-bond donors (Lipinski definition) is 2. The molecule has 8 nitrogen and oxygen atoms in total. The van der Waals surface area contributed by atoms with Crippen molar-refractivity contribution in [3.05, 3.63) is 65.1 Å². The summed E-state index contributed by atoms with van der Waals surface area (Å²) in [4.78, 5) is 35.8. The first-order valence-electron chi connectivity index (χ1n) is 8.76. The van der Waals surface area contributed by atoms with Crippen molar-refractivity contribution in [3.8, 4) is 11.5 Å². The first-order chi connectivity index (χ1) is 13.4. The minimum atomic E-state index is -0.708. The average molecular weight is 380 g/mol. The molecular weight excluding hydrogens is 360 g/mol. The van der Waals surface area contributed by atoms with Crippen LogP contribution in [0, 0.1) is 5.92 Å². The van der Waals surface area contributed by atoms with E-state index in [4.69, 9.17) is 4.42 Å². The molecule has 0 radical (unpaired) electrons. The first kappa shape index (κ1) is 19.1. The second kappa shape index (κ2) is 8.34. The number of hydrogen-bond acceptors (Lipinski definition) is 5. The summed E-state index contributed by atoms with van der Waals surface area (Å²) >= 11 is 0. The minimum Gasteiger partial charge on any atom is -0.388 e. The van der Waals surface area contributed by atoms with E-state index < -0.39 is 11.7 Å². The van der Waals surface area contributed by atoms with Crippen LogP contribution < -0.4 is 16.4 Å². The van der Waals surface area contributed by atoms with Crippen LogP contribution in [0.5, 0.6) is 0 Å². The van der Waals surface area contributed by atoms with Crippen LogP contribution in [0.2, 0.25) is 0 Å². The molecule has 8 heteroatoms. The fourth-order valence-corrected chi connectivity index (χ4v) is 2.36. The zero-order chi connectivity index (χ0) is 20.1. The van der Waals surface area contributed by atoms with Crippen LogP contribution in [-0.4, -0.2) is 21.6 Å². The van der Waals surface area contributed by atoms with Crippen LogP contribution in [0.15, 0.2) is 63.8 Å². The molecule has 0 aliphatic rings. The highest BCUT2D eigenvalue weighted by Crippen LogP contribution is 2.15. The molecule has 3 aromatic rings. The van der Waals surface area contributed by atoms with Crippen molar-refractivity contribution >= 4 is 23.2 Å². The molecule has 0 aliphatic heterocycles. The fraction of sp³-hybridized carbons (Fsp3) is 0.200. The Kier molecular flexibility index (Phi) is 5.69. The zero-order valence-corrected chi connectivity index (χ0v) is 15.5. The van der Waals surface area contributed by atoms with Crippen molar-refractivity contribution in [2.45, 2.75) is 20.4 Å². The molecule has 144 valence electrons. The summed E-state index contributed by atoms with van der Waals surface area (Å²) in [6.45, 7) is 3.33. The maximum Gasteiger partial charge on any atom is 0.437 e. The zero-order valence-electron chi connectivity index (χ0n) is 15.5. The number of anilines is 2. The summed E-state index contributed by atoms with van der Waals surface area (Å²) in [7, 11) is 0. The van der Waals surface area contributed by atoms with E-state index >= 15 is 0 Å². The summed E-state index contributed by atoms with van der Waals surface area (Å²) in [5.74, 6) is -1.18. The van der Waals surface area contributed by atoms with Gasteiger partial charge in [0, 0.05) is 22.9 Å². The third-order valence-corrected chi connectivity index (χ3v) is 3.88. The highest BCUT2D eigenvalue weighted by Gasteiger charge is 2.13. The Morgan fingerprint density at radius 1 is 1.00 bits per heavy atom. The number of rotatable bonds is 6. The molecule has 0 spiro atoms. The highest BCUT2D eigenvalue weighted by atomic mass is 16.4. The number of aromatic nitrogens is 2. The fourth-order valence-electron chi connectivity index (χ4n) is 2.36. The summed E-state index contributed by atoms with van der Waals surface area (Å²) in [6.07, 6.45) is 0. The third kappa shape index (κ3) is 4.73. The van der Waals surface area contributed by atoms with Gasteiger partial charge in [-0.25, -0.2) is 4.79 Å². The molecule has 0 atom stereocenters. The van der Waals surface area contributed by atoms with Gasteiger partial charge in [-0.2, -0.15) is 4.68 Å². The van der Waals surface area contributed by atoms with Gasteiger partial charge < -0.3 is 15.1 Å². The predicted octanol–water partition coefficient (Wildman–Crippen LogP) is 2.74. The molecule has 1 heterocycles. The van der Waals surface area contributed by atoms with Gasteiger partial charge in [0.1, 0.15) is 6.54 Å². The van der Waals surface area contributed by atoms with Crippen molar-refractivity contribution in [2.75, 3.05) is 10.6 Å². The molecule has 2 N–H and O–H groups in total. The van der Waals surface area contributed by atoms with E-state index in [2.05, 4.69) is 15.7 Å². The maximum absolute atomic E-state index is 12.2. The van der Waals surface area contributed by atoms with Gasteiger partial charge in [-0.05, 0) is 36.4 Å². The van der Waals surface area contributed by atoms with Gasteiger partial charge >= 0.3 is 5.76 Å². The molecule has 0 aliphatic carbocycles. The maximum atomic E-state index is 12.2. The van der Waals surface area contributed by atoms with Crippen molar-refractivity contribution in [2.24, 2.45) is 5.92 Å². The van der Waals surface area contributed by atoms with Crippen LogP contribution >= 0.6 is 0 Å². The lowest BCUT2D eigenvalue weighted by atomic mass is 10.2. The van der Waals surface area contributed by atoms with Gasteiger partial charge in [-0.1, -0.05) is 32.0 Å². The summed E-state index contributed by atoms with van der Waals surface area (Å²) in [6, 6.07) is 15.7. The number of nitrogens with one attached hydrogen (secondary N) is 2. The molecule has 0 fully saturated rings. The van der Waals surface area contributed by atoms with E-state index in [0.717, 1.165) is 4.68 Å². The molecule has 0 unspecified atom stereocenters. The lowest BCUT2D eigenvalue weighted by Gasteiger charge is -2.09. The number of carbonyl (C=O) groups is 2. The highest BCUT2D eigenvalue weighted by molar-refractivity contribution is 5.93. The van der Waals surface area contributed by atoms with Crippen LogP contribution in [0.1, 0.15) is 13.8 Å². The normalized spacial score (nSPS) is 10.7. The summed E-state index contributed by atoms with van der Waals surface area (Å²) < 4.78 is 6.07. The topological polar surface area (TPSA) is 106 Å². The SMILES string of the molecule is CC(C)C(=O)Nc1ccc(NC(=O)Cn2nc(-c3ccccc3)oc2=O)cc1. The Hall–Kier alpha value is -3.68. The molecule has 2 aromatic carbocycles. The van der Waals surface area contributed by atoms with Crippen LogP contribution in [0.25, 0.3) is 11.5 Å². The lowest BCUT2D eigenvalue weighted by molar-refractivity contribution is -0.119. The Labute approximate surface area is 161 Å². The number of amides is 2. The van der Waals surface area contributed by atoms with Crippen molar-refractivity contribution in [1.29, 1.82) is 0 Å². The van der Waals surface area contributed by atoms with Crippen LogP contribution in [0.4, 0.5) is 11.4 Å². The third-order valence-electron chi connectivity index (χ3n) is 3.88. The molecule has 0 saturated carbocycles. The quantitative estimate of drug-likeness (QED) is 0.684. The number of carbonyl (C=O) groups excluding carboxylic acids is 2. The molecule has 1 aromatic heterocycles.